The van der Waals surface area contributed by atoms with Gasteiger partial charge in [-0.25, -0.2) is 9.59 Å². The van der Waals surface area contributed by atoms with Crippen molar-refractivity contribution >= 4 is 30.2 Å². The van der Waals surface area contributed by atoms with Crippen molar-refractivity contribution in [2.24, 2.45) is 0 Å². The molecule has 0 aliphatic carbocycles. The van der Waals surface area contributed by atoms with E-state index in [2.05, 4.69) is 0 Å². The van der Waals surface area contributed by atoms with E-state index in [9.17, 15) is 81.1 Å². The van der Waals surface area contributed by atoms with Gasteiger partial charge in [-0.1, -0.05) is 24.3 Å². The van der Waals surface area contributed by atoms with E-state index in [0.717, 1.165) is 24.3 Å². The molecule has 4 aliphatic rings. The molecule has 0 saturated carbocycles. The number of carbonyl (C=O) groups is 2. The summed E-state index contributed by atoms with van der Waals surface area (Å²) in [5, 5.41) is 149. The number of fused-ring (bicyclic) bond motifs is 1. The van der Waals surface area contributed by atoms with Crippen LogP contribution in [0.15, 0.2) is 90.7 Å². The first kappa shape index (κ1) is 56.9. The van der Waals surface area contributed by atoms with Gasteiger partial charge < -0.3 is 119 Å². The van der Waals surface area contributed by atoms with Gasteiger partial charge in [0, 0.05) is 29.8 Å². The molecule has 0 bridgehead atoms. The molecule has 0 spiro atoms. The minimum absolute atomic E-state index is 0.0521. The van der Waals surface area contributed by atoms with Gasteiger partial charge in [-0.2, -0.15) is 0 Å². The number of carbonyl (C=O) groups excluding carboxylic acids is 2. The maximum atomic E-state index is 13.0. The molecule has 14 N–H and O–H groups in total. The molecule has 0 radical (unpaired) electrons. The second kappa shape index (κ2) is 24.6. The Morgan fingerprint density at radius 3 is 1.73 bits per heavy atom. The van der Waals surface area contributed by atoms with Crippen LogP contribution in [0.4, 0.5) is 0 Å². The van der Waals surface area contributed by atoms with Crippen molar-refractivity contribution < 1.29 is 128 Å². The van der Waals surface area contributed by atoms with Crippen molar-refractivity contribution in [2.45, 2.75) is 98.2 Å². The second-order valence-corrected chi connectivity index (χ2v) is 18.2. The molecule has 16 unspecified atom stereocenters. The summed E-state index contributed by atoms with van der Waals surface area (Å²) in [6, 6.07) is 15.6. The van der Waals surface area contributed by atoms with Crippen LogP contribution in [0.3, 0.4) is 0 Å². The number of rotatable bonds is 17. The number of aliphatic hydroxyl groups is 9. The molecule has 3 fully saturated rings. The van der Waals surface area contributed by atoms with E-state index < -0.39 is 147 Å². The van der Waals surface area contributed by atoms with Gasteiger partial charge in [-0.05, 0) is 65.8 Å². The zero-order valence-electron chi connectivity index (χ0n) is 40.8. The monoisotopic (exact) mass is 1100 g/mol. The number of hydrogen-bond donors (Lipinski definition) is 14. The highest BCUT2D eigenvalue weighted by Gasteiger charge is 2.53. The molecule has 4 heterocycles. The van der Waals surface area contributed by atoms with Crippen molar-refractivity contribution in [1.29, 1.82) is 0 Å². The van der Waals surface area contributed by atoms with Crippen LogP contribution in [0.5, 0.6) is 46.0 Å². The van der Waals surface area contributed by atoms with E-state index in [0.29, 0.717) is 5.56 Å². The number of ether oxygens (including phenoxy) is 10. The highest BCUT2D eigenvalue weighted by Crippen LogP contribution is 2.46. The summed E-state index contributed by atoms with van der Waals surface area (Å²) in [4.78, 5) is 25.8. The van der Waals surface area contributed by atoms with Crippen LogP contribution in [-0.4, -0.2) is 202 Å². The maximum Gasteiger partial charge on any atom is 0.330 e. The third kappa shape index (κ3) is 12.8. The van der Waals surface area contributed by atoms with Crippen LogP contribution in [0.1, 0.15) is 28.4 Å². The molecular formula is C52H56O26. The minimum Gasteiger partial charge on any atom is -0.508 e. The van der Waals surface area contributed by atoms with Gasteiger partial charge in [0.05, 0.1) is 19.3 Å². The molecule has 4 aromatic carbocycles. The van der Waals surface area contributed by atoms with E-state index in [1.165, 1.54) is 86.0 Å². The van der Waals surface area contributed by atoms with Gasteiger partial charge in [0.2, 0.25) is 12.6 Å². The average molecular weight is 1100 g/mol. The smallest absolute Gasteiger partial charge is 0.330 e. The van der Waals surface area contributed by atoms with Gasteiger partial charge in [-0.3, -0.25) is 0 Å². The number of phenolic OH excluding ortho intramolecular Hbond substituents is 5. The largest absolute Gasteiger partial charge is 0.508 e. The Kier molecular flexibility index (Phi) is 17.9. The first-order valence-electron chi connectivity index (χ1n) is 23.9. The summed E-state index contributed by atoms with van der Waals surface area (Å²) < 4.78 is 58.0. The molecule has 26 nitrogen and oxygen atoms in total. The summed E-state index contributed by atoms with van der Waals surface area (Å²) in [6.07, 6.45) is -23.9. The summed E-state index contributed by atoms with van der Waals surface area (Å²) in [6.45, 7) is -2.35. The SMILES string of the molecule is COc1cc(C=CC(=O)OCC2OC(OC3=Cc4c(cc(O)cc4OC4OC(CO)C(O)C(O)C4O)OC3c3ccc(O)cc3)C(OC3OC(COC(=O)C=Cc4ccc(O)c(O)c4)C(O)C(O)C3O)C(O)C2O)ccc1O. The third-order valence-corrected chi connectivity index (χ3v) is 12.8. The predicted octanol–water partition coefficient (Wildman–Crippen LogP) is -0.954. The van der Waals surface area contributed by atoms with E-state index >= 15 is 0 Å². The van der Waals surface area contributed by atoms with E-state index in [4.69, 9.17) is 47.4 Å². The normalized spacial score (nSPS) is 30.9. The minimum atomic E-state index is -2.13. The summed E-state index contributed by atoms with van der Waals surface area (Å²) in [5.74, 6) is -4.18. The highest BCUT2D eigenvalue weighted by molar-refractivity contribution is 5.87. The number of methoxy groups -OCH3 is 1. The van der Waals surface area contributed by atoms with Gasteiger partial charge in [0.25, 0.3) is 0 Å². The lowest BCUT2D eigenvalue weighted by Gasteiger charge is -2.46. The fourth-order valence-corrected chi connectivity index (χ4v) is 8.53. The Labute approximate surface area is 441 Å². The fourth-order valence-electron chi connectivity index (χ4n) is 8.53. The molecule has 4 aliphatic heterocycles. The molecular weight excluding hydrogens is 1040 g/mol. The van der Waals surface area contributed by atoms with Crippen molar-refractivity contribution in [3.05, 3.63) is 113 Å². The fraction of sp³-hybridized carbons (Fsp3) is 0.385. The molecule has 26 heteroatoms. The Bertz CT molecular complexity index is 2840. The zero-order valence-corrected chi connectivity index (χ0v) is 40.8. The number of esters is 2. The number of phenols is 5. The van der Waals surface area contributed by atoms with Crippen LogP contribution >= 0.6 is 0 Å². The van der Waals surface area contributed by atoms with Gasteiger partial charge in [0.15, 0.2) is 41.5 Å². The van der Waals surface area contributed by atoms with Crippen molar-refractivity contribution in [3.63, 3.8) is 0 Å². The van der Waals surface area contributed by atoms with Crippen LogP contribution in [-0.2, 0) is 42.7 Å². The molecule has 0 aromatic heterocycles. The lowest BCUT2D eigenvalue weighted by Crippen LogP contribution is -2.64. The highest BCUT2D eigenvalue weighted by atomic mass is 16.8. The lowest BCUT2D eigenvalue weighted by molar-refractivity contribution is -0.364. The summed E-state index contributed by atoms with van der Waals surface area (Å²) in [7, 11) is 1.33. The van der Waals surface area contributed by atoms with Crippen LogP contribution < -0.4 is 14.2 Å². The van der Waals surface area contributed by atoms with Crippen molar-refractivity contribution in [3.8, 4) is 46.0 Å². The van der Waals surface area contributed by atoms with Crippen molar-refractivity contribution in [1.82, 2.24) is 0 Å². The molecule has 16 atom stereocenters. The third-order valence-electron chi connectivity index (χ3n) is 12.8. The Morgan fingerprint density at radius 1 is 0.551 bits per heavy atom. The van der Waals surface area contributed by atoms with Crippen LogP contribution in [0.2, 0.25) is 0 Å². The molecule has 78 heavy (non-hydrogen) atoms. The van der Waals surface area contributed by atoms with E-state index in [-0.39, 0.29) is 51.2 Å². The average Bonchev–Trinajstić information content (AvgIpc) is 3.48. The predicted molar refractivity (Wildman–Crippen MR) is 260 cm³/mol. The number of hydrogen-bond acceptors (Lipinski definition) is 26. The van der Waals surface area contributed by atoms with Gasteiger partial charge >= 0.3 is 11.9 Å². The molecule has 0 amide bonds. The second-order valence-electron chi connectivity index (χ2n) is 18.2. The quantitative estimate of drug-likeness (QED) is 0.0344. The van der Waals surface area contributed by atoms with E-state index in [1.54, 1.807) is 0 Å². The zero-order chi connectivity index (χ0) is 56.1. The summed E-state index contributed by atoms with van der Waals surface area (Å²) >= 11 is 0. The van der Waals surface area contributed by atoms with Crippen LogP contribution in [0, 0.1) is 0 Å². The molecule has 8 rings (SSSR count). The first-order chi connectivity index (χ1) is 37.2. The Hall–Kier alpha value is -7.28. The van der Waals surface area contributed by atoms with E-state index in [1.807, 2.05) is 0 Å². The molecule has 420 valence electrons. The van der Waals surface area contributed by atoms with Gasteiger partial charge in [0.1, 0.15) is 109 Å². The maximum absolute atomic E-state index is 13.0. The first-order valence-corrected chi connectivity index (χ1v) is 23.9. The van der Waals surface area contributed by atoms with Crippen LogP contribution in [0.25, 0.3) is 18.2 Å². The number of benzene rings is 4. The number of aliphatic hydroxyl groups excluding tert-OH is 9. The Morgan fingerprint density at radius 2 is 1.12 bits per heavy atom. The van der Waals surface area contributed by atoms with Crippen molar-refractivity contribution in [2.75, 3.05) is 26.9 Å². The standard InChI is InChI=1S/C52H56O26/c1-69-33-15-23(3-11-29(33)57)5-13-39(60)71-21-37-42(63)45(66)49(78-51-47(68)44(65)41(62)36(76-51)20-70-38(59)12-4-22-2-10-28(56)30(58)14-22)52(77-37)74-34-18-27-31(72-48(34)24-6-8-25(54)9-7-24)16-26(55)17-32(27)73-50-46(67)43(64)40(61)35(19-53)75-50/h2-18,35-37,40-58,61-68H,19-21H2,1H3. The summed E-state index contributed by atoms with van der Waals surface area (Å²) in [5.41, 5.74) is 0.913. The lowest BCUT2D eigenvalue weighted by atomic mass is 9.97. The number of aromatic hydroxyl groups is 5. The van der Waals surface area contributed by atoms with Gasteiger partial charge in [-0.15, -0.1) is 0 Å². The topological polar surface area (TPSA) is 410 Å². The molecule has 3 saturated heterocycles. The Balaban J connectivity index is 1.10. The molecule has 4 aromatic rings.